The number of benzene rings is 1. The second-order valence-corrected chi connectivity index (χ2v) is 6.37. The summed E-state index contributed by atoms with van der Waals surface area (Å²) in [4.78, 5) is 16.3. The van der Waals surface area contributed by atoms with Crippen LogP contribution in [0.2, 0.25) is 0 Å². The number of aryl methyl sites for hydroxylation is 2. The smallest absolute Gasteiger partial charge is 0.264 e. The Balaban J connectivity index is 1.53. The molecule has 0 aliphatic heterocycles. The number of hydrogen-bond acceptors (Lipinski definition) is 4. The van der Waals surface area contributed by atoms with Gasteiger partial charge in [0, 0.05) is 11.3 Å². The number of rotatable bonds is 5. The number of nitrogens with zero attached hydrogens (tertiary/aromatic N) is 1. The first-order valence-corrected chi connectivity index (χ1v) is 7.94. The lowest BCUT2D eigenvalue weighted by Gasteiger charge is -2.07. The summed E-state index contributed by atoms with van der Waals surface area (Å²) in [6.45, 7) is 4.02. The minimum absolute atomic E-state index is 0.00123. The van der Waals surface area contributed by atoms with E-state index < -0.39 is 0 Å². The Labute approximate surface area is 128 Å². The Morgan fingerprint density at radius 3 is 2.71 bits per heavy atom. The molecule has 1 aliphatic rings. The Morgan fingerprint density at radius 2 is 2.05 bits per heavy atom. The molecule has 1 fully saturated rings. The topological polar surface area (TPSA) is 51.2 Å². The van der Waals surface area contributed by atoms with Gasteiger partial charge in [-0.1, -0.05) is 6.07 Å². The molecule has 1 aliphatic carbocycles. The van der Waals surface area contributed by atoms with Gasteiger partial charge in [-0.2, -0.15) is 0 Å². The van der Waals surface area contributed by atoms with Crippen LogP contribution in [0.3, 0.4) is 0 Å². The van der Waals surface area contributed by atoms with Gasteiger partial charge in [0.25, 0.3) is 5.91 Å². The van der Waals surface area contributed by atoms with E-state index in [1.807, 2.05) is 31.4 Å². The van der Waals surface area contributed by atoms with Crippen molar-refractivity contribution < 1.29 is 9.53 Å². The summed E-state index contributed by atoms with van der Waals surface area (Å²) in [5.41, 5.74) is 3.35. The molecule has 1 aromatic heterocycles. The standard InChI is InChI=1S/C16H18N2O2S/c1-10-5-11(2)7-13(6-10)20-8-15(19)18-16-17-14(9-21-16)12-3-4-12/h5-7,9,12H,3-4,8H2,1-2H3,(H,17,18,19). The van der Waals surface area contributed by atoms with Crippen molar-refractivity contribution in [2.24, 2.45) is 0 Å². The number of ether oxygens (including phenoxy) is 1. The van der Waals surface area contributed by atoms with Crippen LogP contribution in [0.15, 0.2) is 23.6 Å². The predicted molar refractivity (Wildman–Crippen MR) is 84.1 cm³/mol. The van der Waals surface area contributed by atoms with Crippen LogP contribution in [-0.2, 0) is 4.79 Å². The van der Waals surface area contributed by atoms with Gasteiger partial charge in [-0.05, 0) is 49.9 Å². The van der Waals surface area contributed by atoms with E-state index in [1.54, 1.807) is 0 Å². The van der Waals surface area contributed by atoms with Crippen molar-refractivity contribution in [3.8, 4) is 5.75 Å². The molecule has 1 aromatic carbocycles. The summed E-state index contributed by atoms with van der Waals surface area (Å²) >= 11 is 1.47. The fraction of sp³-hybridized carbons (Fsp3) is 0.375. The average Bonchev–Trinajstić information content (AvgIpc) is 3.17. The molecule has 4 nitrogen and oxygen atoms in total. The molecule has 0 saturated heterocycles. The zero-order valence-electron chi connectivity index (χ0n) is 12.2. The lowest BCUT2D eigenvalue weighted by atomic mass is 10.1. The van der Waals surface area contributed by atoms with E-state index in [0.29, 0.717) is 11.0 Å². The fourth-order valence-corrected chi connectivity index (χ4v) is 3.04. The number of nitrogens with one attached hydrogen (secondary N) is 1. The van der Waals surface area contributed by atoms with Gasteiger partial charge in [0.05, 0.1) is 5.69 Å². The minimum atomic E-state index is -0.175. The summed E-state index contributed by atoms with van der Waals surface area (Å²) in [6, 6.07) is 5.92. The SMILES string of the molecule is Cc1cc(C)cc(OCC(=O)Nc2nc(C3CC3)cs2)c1. The van der Waals surface area contributed by atoms with E-state index in [4.69, 9.17) is 4.74 Å². The van der Waals surface area contributed by atoms with Gasteiger partial charge in [0.1, 0.15) is 5.75 Å². The van der Waals surface area contributed by atoms with Gasteiger partial charge in [-0.25, -0.2) is 4.98 Å². The van der Waals surface area contributed by atoms with E-state index in [1.165, 1.54) is 24.2 Å². The lowest BCUT2D eigenvalue weighted by Crippen LogP contribution is -2.20. The largest absolute Gasteiger partial charge is 0.484 e. The van der Waals surface area contributed by atoms with Gasteiger partial charge in [-0.15, -0.1) is 11.3 Å². The van der Waals surface area contributed by atoms with E-state index in [0.717, 1.165) is 22.6 Å². The highest BCUT2D eigenvalue weighted by molar-refractivity contribution is 7.13. The van der Waals surface area contributed by atoms with Crippen LogP contribution in [0, 0.1) is 13.8 Å². The summed E-state index contributed by atoms with van der Waals surface area (Å²) < 4.78 is 5.53. The monoisotopic (exact) mass is 302 g/mol. The summed E-state index contributed by atoms with van der Waals surface area (Å²) in [7, 11) is 0. The van der Waals surface area contributed by atoms with Crippen LogP contribution in [-0.4, -0.2) is 17.5 Å². The predicted octanol–water partition coefficient (Wildman–Crippen LogP) is 3.65. The normalized spacial score (nSPS) is 14.0. The Kier molecular flexibility index (Phi) is 3.92. The molecule has 1 saturated carbocycles. The van der Waals surface area contributed by atoms with Crippen LogP contribution in [0.5, 0.6) is 5.75 Å². The van der Waals surface area contributed by atoms with Gasteiger partial charge in [0.15, 0.2) is 11.7 Å². The number of amides is 1. The second-order valence-electron chi connectivity index (χ2n) is 5.51. The fourth-order valence-electron chi connectivity index (χ4n) is 2.23. The quantitative estimate of drug-likeness (QED) is 0.917. The third-order valence-electron chi connectivity index (χ3n) is 3.33. The molecule has 110 valence electrons. The molecule has 21 heavy (non-hydrogen) atoms. The minimum Gasteiger partial charge on any atom is -0.484 e. The van der Waals surface area contributed by atoms with Crippen molar-refractivity contribution in [3.63, 3.8) is 0 Å². The molecular formula is C16H18N2O2S. The Hall–Kier alpha value is -1.88. The van der Waals surface area contributed by atoms with Crippen molar-refractivity contribution in [1.82, 2.24) is 4.98 Å². The zero-order chi connectivity index (χ0) is 14.8. The maximum atomic E-state index is 11.9. The summed E-state index contributed by atoms with van der Waals surface area (Å²) in [5.74, 6) is 1.16. The zero-order valence-corrected chi connectivity index (χ0v) is 13.0. The highest BCUT2D eigenvalue weighted by Gasteiger charge is 2.26. The highest BCUT2D eigenvalue weighted by atomic mass is 32.1. The second kappa shape index (κ2) is 5.85. The van der Waals surface area contributed by atoms with Crippen molar-refractivity contribution in [3.05, 3.63) is 40.4 Å². The number of hydrogen-bond donors (Lipinski definition) is 1. The third kappa shape index (κ3) is 3.82. The van der Waals surface area contributed by atoms with E-state index in [-0.39, 0.29) is 12.5 Å². The molecule has 0 radical (unpaired) electrons. The first-order chi connectivity index (χ1) is 10.1. The molecule has 2 aromatic rings. The van der Waals surface area contributed by atoms with E-state index in [9.17, 15) is 4.79 Å². The van der Waals surface area contributed by atoms with Crippen molar-refractivity contribution in [2.75, 3.05) is 11.9 Å². The maximum Gasteiger partial charge on any atom is 0.264 e. The van der Waals surface area contributed by atoms with E-state index >= 15 is 0 Å². The maximum absolute atomic E-state index is 11.9. The van der Waals surface area contributed by atoms with Crippen LogP contribution >= 0.6 is 11.3 Å². The molecule has 1 amide bonds. The molecule has 1 N–H and O–H groups in total. The Bertz CT molecular complexity index is 642. The number of anilines is 1. The van der Waals surface area contributed by atoms with Gasteiger partial charge in [-0.3, -0.25) is 10.1 Å². The average molecular weight is 302 g/mol. The van der Waals surface area contributed by atoms with E-state index in [2.05, 4.69) is 16.4 Å². The number of carbonyl (C=O) groups excluding carboxylic acids is 1. The van der Waals surface area contributed by atoms with Crippen LogP contribution < -0.4 is 10.1 Å². The first kappa shape index (κ1) is 14.1. The summed E-state index contributed by atoms with van der Waals surface area (Å²) in [6.07, 6.45) is 2.43. The van der Waals surface area contributed by atoms with Crippen molar-refractivity contribution in [2.45, 2.75) is 32.6 Å². The summed E-state index contributed by atoms with van der Waals surface area (Å²) in [5, 5.41) is 5.47. The lowest BCUT2D eigenvalue weighted by molar-refractivity contribution is -0.118. The van der Waals surface area contributed by atoms with Crippen molar-refractivity contribution in [1.29, 1.82) is 0 Å². The highest BCUT2D eigenvalue weighted by Crippen LogP contribution is 2.40. The van der Waals surface area contributed by atoms with Crippen LogP contribution in [0.1, 0.15) is 35.6 Å². The number of carbonyl (C=O) groups is 1. The molecular weight excluding hydrogens is 284 g/mol. The molecule has 0 unspecified atom stereocenters. The number of aromatic nitrogens is 1. The number of thiazole rings is 1. The molecule has 0 spiro atoms. The van der Waals surface area contributed by atoms with Gasteiger partial charge in [0.2, 0.25) is 0 Å². The van der Waals surface area contributed by atoms with Crippen LogP contribution in [0.25, 0.3) is 0 Å². The van der Waals surface area contributed by atoms with Gasteiger partial charge < -0.3 is 4.74 Å². The molecule has 5 heteroatoms. The molecule has 0 bridgehead atoms. The van der Waals surface area contributed by atoms with Gasteiger partial charge >= 0.3 is 0 Å². The molecule has 0 atom stereocenters. The molecule has 3 rings (SSSR count). The first-order valence-electron chi connectivity index (χ1n) is 7.06. The third-order valence-corrected chi connectivity index (χ3v) is 4.11. The Morgan fingerprint density at radius 1 is 1.33 bits per heavy atom. The van der Waals surface area contributed by atoms with Crippen LogP contribution in [0.4, 0.5) is 5.13 Å². The molecule has 1 heterocycles. The van der Waals surface area contributed by atoms with Crippen molar-refractivity contribution >= 4 is 22.4 Å².